The second-order valence-electron chi connectivity index (χ2n) is 4.38. The minimum Gasteiger partial charge on any atom is -0.507 e. The monoisotopic (exact) mass is 228 g/mol. The molecule has 1 heterocycles. The standard InChI is InChI=1S/C14H16OSi/c1-12-6-5-10-16(12,2)11-9-13-7-3-4-8-14(13)15/h3-11,15H,1-2H3/b11-9+. The molecule has 0 spiro atoms. The lowest BCUT2D eigenvalue weighted by molar-refractivity contribution is 0.474. The maximum Gasteiger partial charge on any atom is 0.126 e. The van der Waals surface area contributed by atoms with E-state index in [4.69, 9.17) is 0 Å². The Kier molecular flexibility index (Phi) is 2.84. The molecule has 16 heavy (non-hydrogen) atoms. The average molecular weight is 228 g/mol. The summed E-state index contributed by atoms with van der Waals surface area (Å²) < 4.78 is 0. The number of hydrogen-bond donors (Lipinski definition) is 1. The van der Waals surface area contributed by atoms with Gasteiger partial charge in [0.25, 0.3) is 0 Å². The van der Waals surface area contributed by atoms with Gasteiger partial charge < -0.3 is 5.11 Å². The Bertz CT molecular complexity index is 485. The predicted octanol–water partition coefficient (Wildman–Crippen LogP) is 3.62. The molecule has 0 bridgehead atoms. The van der Waals surface area contributed by atoms with Crippen molar-refractivity contribution in [1.29, 1.82) is 0 Å². The summed E-state index contributed by atoms with van der Waals surface area (Å²) in [7, 11) is -1.51. The number of allylic oxidation sites excluding steroid dienone is 3. The van der Waals surface area contributed by atoms with Gasteiger partial charge in [0.1, 0.15) is 13.8 Å². The summed E-state index contributed by atoms with van der Waals surface area (Å²) in [5.41, 5.74) is 5.46. The van der Waals surface area contributed by atoms with Crippen molar-refractivity contribution in [1.82, 2.24) is 0 Å². The van der Waals surface area contributed by atoms with Crippen LogP contribution in [0.2, 0.25) is 6.55 Å². The molecule has 1 aliphatic rings. The van der Waals surface area contributed by atoms with E-state index >= 15 is 0 Å². The van der Waals surface area contributed by atoms with Gasteiger partial charge in [-0.2, -0.15) is 0 Å². The summed E-state index contributed by atoms with van der Waals surface area (Å²) in [6, 6.07) is 7.43. The lowest BCUT2D eigenvalue weighted by Gasteiger charge is -2.16. The van der Waals surface area contributed by atoms with Crippen LogP contribution in [0.15, 0.2) is 53.0 Å². The van der Waals surface area contributed by atoms with E-state index in [0.717, 1.165) is 5.56 Å². The number of para-hydroxylation sites is 1. The maximum absolute atomic E-state index is 9.67. The third-order valence-corrected chi connectivity index (χ3v) is 6.79. The van der Waals surface area contributed by atoms with Crippen molar-refractivity contribution >= 4 is 14.1 Å². The van der Waals surface area contributed by atoms with Crippen LogP contribution in [0.5, 0.6) is 5.75 Å². The van der Waals surface area contributed by atoms with Crippen LogP contribution in [0.1, 0.15) is 12.5 Å². The van der Waals surface area contributed by atoms with Gasteiger partial charge in [0.15, 0.2) is 0 Å². The molecule has 82 valence electrons. The van der Waals surface area contributed by atoms with E-state index in [2.05, 4.69) is 37.0 Å². The highest BCUT2D eigenvalue weighted by Crippen LogP contribution is 2.25. The summed E-state index contributed by atoms with van der Waals surface area (Å²) in [5.74, 6) is 0.347. The van der Waals surface area contributed by atoms with Crippen molar-refractivity contribution < 1.29 is 5.11 Å². The summed E-state index contributed by atoms with van der Waals surface area (Å²) in [6.07, 6.45) is 6.35. The Morgan fingerprint density at radius 2 is 2.00 bits per heavy atom. The van der Waals surface area contributed by atoms with Crippen LogP contribution in [-0.2, 0) is 0 Å². The zero-order chi connectivity index (χ0) is 11.6. The summed E-state index contributed by atoms with van der Waals surface area (Å²) in [6.45, 7) is 4.49. The van der Waals surface area contributed by atoms with Gasteiger partial charge in [-0.1, -0.05) is 59.6 Å². The third-order valence-electron chi connectivity index (χ3n) is 3.18. The fourth-order valence-electron chi connectivity index (χ4n) is 1.78. The van der Waals surface area contributed by atoms with E-state index in [1.165, 1.54) is 5.20 Å². The molecule has 0 saturated carbocycles. The molecule has 0 radical (unpaired) electrons. The van der Waals surface area contributed by atoms with Gasteiger partial charge in [0.2, 0.25) is 0 Å². The normalized spacial score (nSPS) is 24.0. The minimum absolute atomic E-state index is 0.347. The fraction of sp³-hybridized carbons (Fsp3) is 0.143. The van der Waals surface area contributed by atoms with Gasteiger partial charge in [-0.3, -0.25) is 0 Å². The molecule has 1 aliphatic heterocycles. The molecule has 1 atom stereocenters. The van der Waals surface area contributed by atoms with E-state index < -0.39 is 8.07 Å². The molecule has 2 rings (SSSR count). The van der Waals surface area contributed by atoms with Gasteiger partial charge in [-0.05, 0) is 13.0 Å². The Hall–Kier alpha value is -1.54. The molecular formula is C14H16OSi. The summed E-state index contributed by atoms with van der Waals surface area (Å²) in [4.78, 5) is 0. The molecule has 0 fully saturated rings. The average Bonchev–Trinajstić information content (AvgIpc) is 2.59. The maximum atomic E-state index is 9.67. The highest BCUT2D eigenvalue weighted by molar-refractivity contribution is 6.95. The van der Waals surface area contributed by atoms with Crippen LogP contribution in [-0.4, -0.2) is 13.2 Å². The largest absolute Gasteiger partial charge is 0.507 e. The fourth-order valence-corrected chi connectivity index (χ4v) is 3.90. The third kappa shape index (κ3) is 2.02. The van der Waals surface area contributed by atoms with Crippen molar-refractivity contribution in [3.63, 3.8) is 0 Å². The van der Waals surface area contributed by atoms with Crippen molar-refractivity contribution in [2.45, 2.75) is 13.5 Å². The van der Waals surface area contributed by atoms with E-state index in [-0.39, 0.29) is 0 Å². The van der Waals surface area contributed by atoms with Crippen LogP contribution in [0.4, 0.5) is 0 Å². The number of rotatable bonds is 2. The molecule has 1 aromatic carbocycles. The first-order valence-corrected chi connectivity index (χ1v) is 8.11. The first-order valence-electron chi connectivity index (χ1n) is 5.46. The van der Waals surface area contributed by atoms with E-state index in [1.54, 1.807) is 6.07 Å². The van der Waals surface area contributed by atoms with Gasteiger partial charge in [-0.25, -0.2) is 0 Å². The second-order valence-corrected chi connectivity index (χ2v) is 8.40. The SMILES string of the molecule is CC1=CC=C[Si]1(C)/C=C/c1ccccc1O. The zero-order valence-corrected chi connectivity index (χ0v) is 10.6. The lowest BCUT2D eigenvalue weighted by Crippen LogP contribution is -2.24. The van der Waals surface area contributed by atoms with Gasteiger partial charge in [0, 0.05) is 5.56 Å². The molecular weight excluding hydrogens is 212 g/mol. The van der Waals surface area contributed by atoms with Crippen LogP contribution < -0.4 is 0 Å². The first-order chi connectivity index (χ1) is 7.62. The summed E-state index contributed by atoms with van der Waals surface area (Å²) in [5, 5.41) is 11.1. The predicted molar refractivity (Wildman–Crippen MR) is 71.7 cm³/mol. The van der Waals surface area contributed by atoms with E-state index in [0.29, 0.717) is 5.75 Å². The molecule has 0 amide bonds. The second kappa shape index (κ2) is 4.14. The molecule has 0 aliphatic carbocycles. The molecule has 1 N–H and O–H groups in total. The zero-order valence-electron chi connectivity index (χ0n) is 9.64. The van der Waals surface area contributed by atoms with Crippen molar-refractivity contribution in [3.05, 3.63) is 58.6 Å². The number of aromatic hydroxyl groups is 1. The van der Waals surface area contributed by atoms with Crippen molar-refractivity contribution in [2.75, 3.05) is 0 Å². The van der Waals surface area contributed by atoms with Gasteiger partial charge >= 0.3 is 0 Å². The highest BCUT2D eigenvalue weighted by atomic mass is 28.3. The number of phenolic OH excluding ortho intramolecular Hbond substituents is 1. The van der Waals surface area contributed by atoms with Crippen LogP contribution in [0, 0.1) is 0 Å². The van der Waals surface area contributed by atoms with Crippen molar-refractivity contribution in [2.24, 2.45) is 0 Å². The van der Waals surface area contributed by atoms with Gasteiger partial charge in [0.05, 0.1) is 0 Å². The molecule has 2 heteroatoms. The number of phenols is 1. The Morgan fingerprint density at radius 1 is 1.25 bits per heavy atom. The smallest absolute Gasteiger partial charge is 0.126 e. The molecule has 1 unspecified atom stereocenters. The van der Waals surface area contributed by atoms with Gasteiger partial charge in [-0.15, -0.1) is 0 Å². The molecule has 0 aromatic heterocycles. The van der Waals surface area contributed by atoms with Crippen LogP contribution >= 0.6 is 0 Å². The Balaban J connectivity index is 2.26. The van der Waals surface area contributed by atoms with E-state index in [1.807, 2.05) is 24.3 Å². The highest BCUT2D eigenvalue weighted by Gasteiger charge is 2.25. The Labute approximate surface area is 97.5 Å². The quantitative estimate of drug-likeness (QED) is 0.767. The first kappa shape index (κ1) is 11.0. The number of hydrogen-bond acceptors (Lipinski definition) is 1. The summed E-state index contributed by atoms with van der Waals surface area (Å²) >= 11 is 0. The minimum atomic E-state index is -1.51. The van der Waals surface area contributed by atoms with E-state index in [9.17, 15) is 5.11 Å². The molecule has 1 nitrogen and oxygen atoms in total. The van der Waals surface area contributed by atoms with Crippen LogP contribution in [0.3, 0.4) is 0 Å². The Morgan fingerprint density at radius 3 is 2.62 bits per heavy atom. The number of benzene rings is 1. The molecule has 0 saturated heterocycles. The van der Waals surface area contributed by atoms with Crippen molar-refractivity contribution in [3.8, 4) is 5.75 Å². The lowest BCUT2D eigenvalue weighted by atomic mass is 10.2. The van der Waals surface area contributed by atoms with Crippen LogP contribution in [0.25, 0.3) is 6.08 Å². The topological polar surface area (TPSA) is 20.2 Å². The molecule has 1 aromatic rings.